The average Bonchev–Trinajstić information content (AvgIpc) is 2.86. The van der Waals surface area contributed by atoms with Crippen molar-refractivity contribution in [3.05, 3.63) is 16.1 Å². The fourth-order valence-corrected chi connectivity index (χ4v) is 2.84. The highest BCUT2D eigenvalue weighted by Gasteiger charge is 2.18. The highest BCUT2D eigenvalue weighted by atomic mass is 32.1. The SMILES string of the molecule is CC(C)(C)c1ncc(CNCC2CCCO2)s1. The van der Waals surface area contributed by atoms with Crippen molar-refractivity contribution < 1.29 is 4.74 Å². The molecule has 3 nitrogen and oxygen atoms in total. The minimum absolute atomic E-state index is 0.164. The summed E-state index contributed by atoms with van der Waals surface area (Å²) < 4.78 is 5.58. The van der Waals surface area contributed by atoms with E-state index in [2.05, 4.69) is 31.1 Å². The number of thiazole rings is 1. The molecule has 1 aliphatic heterocycles. The zero-order valence-electron chi connectivity index (χ0n) is 11.0. The standard InChI is InChI=1S/C13H22N2OS/c1-13(2,3)12-15-9-11(17-12)8-14-7-10-5-4-6-16-10/h9-10,14H,4-8H2,1-3H3. The van der Waals surface area contributed by atoms with E-state index in [1.807, 2.05) is 17.5 Å². The third kappa shape index (κ3) is 3.76. The monoisotopic (exact) mass is 254 g/mol. The molecule has 0 amide bonds. The summed E-state index contributed by atoms with van der Waals surface area (Å²) >= 11 is 1.81. The van der Waals surface area contributed by atoms with Gasteiger partial charge in [0.15, 0.2) is 0 Å². The fraction of sp³-hybridized carbons (Fsp3) is 0.769. The minimum Gasteiger partial charge on any atom is -0.377 e. The van der Waals surface area contributed by atoms with Crippen LogP contribution < -0.4 is 5.32 Å². The molecule has 2 heterocycles. The van der Waals surface area contributed by atoms with E-state index in [-0.39, 0.29) is 5.41 Å². The van der Waals surface area contributed by atoms with Gasteiger partial charge in [0, 0.05) is 36.2 Å². The van der Waals surface area contributed by atoms with E-state index in [0.717, 1.165) is 19.7 Å². The molecule has 1 unspecified atom stereocenters. The van der Waals surface area contributed by atoms with Crippen LogP contribution in [0, 0.1) is 0 Å². The molecule has 96 valence electrons. The Morgan fingerprint density at radius 3 is 2.94 bits per heavy atom. The highest BCUT2D eigenvalue weighted by Crippen LogP contribution is 2.26. The molecule has 1 N–H and O–H groups in total. The van der Waals surface area contributed by atoms with Gasteiger partial charge in [0.1, 0.15) is 0 Å². The van der Waals surface area contributed by atoms with Crippen LogP contribution in [-0.2, 0) is 16.7 Å². The van der Waals surface area contributed by atoms with Crippen molar-refractivity contribution in [3.63, 3.8) is 0 Å². The summed E-state index contributed by atoms with van der Waals surface area (Å²) in [7, 11) is 0. The molecule has 2 rings (SSSR count). The van der Waals surface area contributed by atoms with Gasteiger partial charge in [0.05, 0.1) is 11.1 Å². The molecular weight excluding hydrogens is 232 g/mol. The Morgan fingerprint density at radius 2 is 2.35 bits per heavy atom. The smallest absolute Gasteiger partial charge is 0.0981 e. The van der Waals surface area contributed by atoms with Crippen LogP contribution in [0.15, 0.2) is 6.20 Å². The van der Waals surface area contributed by atoms with Gasteiger partial charge in [-0.1, -0.05) is 20.8 Å². The van der Waals surface area contributed by atoms with Gasteiger partial charge < -0.3 is 10.1 Å². The van der Waals surface area contributed by atoms with Crippen molar-refractivity contribution in [2.45, 2.75) is 51.7 Å². The Bertz CT molecular complexity index is 351. The second kappa shape index (κ2) is 5.46. The summed E-state index contributed by atoms with van der Waals surface area (Å²) in [5.41, 5.74) is 0.164. The zero-order chi connectivity index (χ0) is 12.3. The summed E-state index contributed by atoms with van der Waals surface area (Å²) in [6.07, 6.45) is 4.82. The topological polar surface area (TPSA) is 34.2 Å². The molecule has 1 saturated heterocycles. The van der Waals surface area contributed by atoms with Gasteiger partial charge in [-0.05, 0) is 12.8 Å². The Morgan fingerprint density at radius 1 is 1.53 bits per heavy atom. The van der Waals surface area contributed by atoms with Gasteiger partial charge >= 0.3 is 0 Å². The molecular formula is C13H22N2OS. The molecule has 0 spiro atoms. The molecule has 1 aliphatic rings. The highest BCUT2D eigenvalue weighted by molar-refractivity contribution is 7.11. The number of ether oxygens (including phenoxy) is 1. The van der Waals surface area contributed by atoms with E-state index in [1.54, 1.807) is 0 Å². The van der Waals surface area contributed by atoms with E-state index in [1.165, 1.54) is 22.7 Å². The molecule has 1 fully saturated rings. The largest absolute Gasteiger partial charge is 0.377 e. The molecule has 1 aromatic heterocycles. The number of hydrogen-bond acceptors (Lipinski definition) is 4. The number of hydrogen-bond donors (Lipinski definition) is 1. The minimum atomic E-state index is 0.164. The van der Waals surface area contributed by atoms with E-state index in [4.69, 9.17) is 4.74 Å². The lowest BCUT2D eigenvalue weighted by Crippen LogP contribution is -2.25. The van der Waals surface area contributed by atoms with E-state index < -0.39 is 0 Å². The average molecular weight is 254 g/mol. The predicted octanol–water partition coefficient (Wildman–Crippen LogP) is 2.71. The third-order valence-electron chi connectivity index (χ3n) is 2.89. The first kappa shape index (κ1) is 13.0. The van der Waals surface area contributed by atoms with Crippen molar-refractivity contribution in [1.29, 1.82) is 0 Å². The number of aromatic nitrogens is 1. The fourth-order valence-electron chi connectivity index (χ4n) is 1.90. The van der Waals surface area contributed by atoms with Gasteiger partial charge in [-0.2, -0.15) is 0 Å². The number of rotatable bonds is 4. The molecule has 0 radical (unpaired) electrons. The molecule has 0 bridgehead atoms. The Labute approximate surface area is 108 Å². The van der Waals surface area contributed by atoms with Crippen LogP contribution in [0.25, 0.3) is 0 Å². The second-order valence-electron chi connectivity index (χ2n) is 5.65. The van der Waals surface area contributed by atoms with Gasteiger partial charge in [0.2, 0.25) is 0 Å². The molecule has 4 heteroatoms. The van der Waals surface area contributed by atoms with E-state index in [0.29, 0.717) is 6.10 Å². The van der Waals surface area contributed by atoms with Gasteiger partial charge in [-0.25, -0.2) is 4.98 Å². The maximum atomic E-state index is 5.58. The lowest BCUT2D eigenvalue weighted by molar-refractivity contribution is 0.110. The maximum absolute atomic E-state index is 5.58. The Balaban J connectivity index is 1.77. The first-order chi connectivity index (χ1) is 8.05. The summed E-state index contributed by atoms with van der Waals surface area (Å²) in [4.78, 5) is 5.80. The van der Waals surface area contributed by atoms with E-state index in [9.17, 15) is 0 Å². The zero-order valence-corrected chi connectivity index (χ0v) is 11.8. The van der Waals surface area contributed by atoms with Crippen LogP contribution in [0.2, 0.25) is 0 Å². The predicted molar refractivity (Wildman–Crippen MR) is 71.5 cm³/mol. The van der Waals surface area contributed by atoms with E-state index >= 15 is 0 Å². The van der Waals surface area contributed by atoms with Crippen molar-refractivity contribution in [1.82, 2.24) is 10.3 Å². The summed E-state index contributed by atoms with van der Waals surface area (Å²) in [6.45, 7) is 9.41. The molecule has 0 saturated carbocycles. The lowest BCUT2D eigenvalue weighted by atomic mass is 9.98. The van der Waals surface area contributed by atoms with Crippen molar-refractivity contribution in [3.8, 4) is 0 Å². The van der Waals surface area contributed by atoms with Gasteiger partial charge in [-0.15, -0.1) is 11.3 Å². The van der Waals surface area contributed by atoms with Crippen LogP contribution in [0.1, 0.15) is 43.5 Å². The van der Waals surface area contributed by atoms with Crippen molar-refractivity contribution >= 4 is 11.3 Å². The van der Waals surface area contributed by atoms with Crippen LogP contribution >= 0.6 is 11.3 Å². The second-order valence-corrected chi connectivity index (χ2v) is 6.76. The van der Waals surface area contributed by atoms with Crippen molar-refractivity contribution in [2.75, 3.05) is 13.2 Å². The molecule has 0 aliphatic carbocycles. The maximum Gasteiger partial charge on any atom is 0.0981 e. The molecule has 17 heavy (non-hydrogen) atoms. The van der Waals surface area contributed by atoms with Gasteiger partial charge in [-0.3, -0.25) is 0 Å². The summed E-state index contributed by atoms with van der Waals surface area (Å²) in [5.74, 6) is 0. The number of nitrogens with zero attached hydrogens (tertiary/aromatic N) is 1. The first-order valence-electron chi connectivity index (χ1n) is 6.33. The summed E-state index contributed by atoms with van der Waals surface area (Å²) in [5, 5.41) is 4.67. The molecule has 1 aromatic rings. The Kier molecular flexibility index (Phi) is 4.17. The van der Waals surface area contributed by atoms with Gasteiger partial charge in [0.25, 0.3) is 0 Å². The first-order valence-corrected chi connectivity index (χ1v) is 7.15. The molecule has 0 aromatic carbocycles. The number of nitrogens with one attached hydrogen (secondary N) is 1. The van der Waals surface area contributed by atoms with Crippen molar-refractivity contribution in [2.24, 2.45) is 0 Å². The Hall–Kier alpha value is -0.450. The molecule has 1 atom stereocenters. The van der Waals surface area contributed by atoms with Crippen LogP contribution in [-0.4, -0.2) is 24.2 Å². The van der Waals surface area contributed by atoms with Crippen LogP contribution in [0.4, 0.5) is 0 Å². The normalized spacial score (nSPS) is 21.0. The lowest BCUT2D eigenvalue weighted by Gasteiger charge is -2.13. The third-order valence-corrected chi connectivity index (χ3v) is 4.31. The quantitative estimate of drug-likeness (QED) is 0.897. The van der Waals surface area contributed by atoms with Crippen LogP contribution in [0.3, 0.4) is 0 Å². The van der Waals surface area contributed by atoms with Crippen LogP contribution in [0.5, 0.6) is 0 Å². The summed E-state index contributed by atoms with van der Waals surface area (Å²) in [6, 6.07) is 0.